The van der Waals surface area contributed by atoms with Gasteiger partial charge >= 0.3 is 0 Å². The minimum Gasteiger partial charge on any atom is -0.375 e. The highest BCUT2D eigenvalue weighted by Crippen LogP contribution is 2.30. The molecule has 8 nitrogen and oxygen atoms in total. The maximum Gasteiger partial charge on any atom is 0.205 e. The van der Waals surface area contributed by atoms with Crippen molar-refractivity contribution in [2.45, 2.75) is 125 Å². The summed E-state index contributed by atoms with van der Waals surface area (Å²) in [4.78, 5) is 7.30. The van der Waals surface area contributed by atoms with Crippen LogP contribution in [0, 0.1) is 12.3 Å². The monoisotopic (exact) mass is 612 g/mol. The molecule has 0 saturated heterocycles. The molecule has 9 heteroatoms. The van der Waals surface area contributed by atoms with Crippen LogP contribution in [0.2, 0.25) is 0 Å². The number of hydrogen-bond donors (Lipinski definition) is 0. The molecule has 1 aromatic heterocycles. The molecule has 1 aliphatic rings. The Bertz CT molecular complexity index is 1340. The lowest BCUT2D eigenvalue weighted by Gasteiger charge is -2.20. The smallest absolute Gasteiger partial charge is 0.205 e. The van der Waals surface area contributed by atoms with Crippen LogP contribution in [0.4, 0.5) is 11.4 Å². The van der Waals surface area contributed by atoms with Crippen molar-refractivity contribution >= 4 is 32.6 Å². The predicted molar refractivity (Wildman–Crippen MR) is 182 cm³/mol. The van der Waals surface area contributed by atoms with Crippen molar-refractivity contribution in [2.75, 3.05) is 30.0 Å². The van der Waals surface area contributed by atoms with Crippen LogP contribution in [0.15, 0.2) is 28.3 Å². The number of hydrogen-bond acceptors (Lipinski definition) is 7. The maximum absolute atomic E-state index is 12.7. The Morgan fingerprint density at radius 2 is 1.49 bits per heavy atom. The van der Waals surface area contributed by atoms with Gasteiger partial charge in [-0.3, -0.25) is 0 Å². The molecule has 1 aliphatic heterocycles. The SMILES string of the molecule is CCCCCCCCCCCCS(=O)(=O)CCCc1nnc2n1N=C(C(C)(C)C)C2=Nc1ccc(N(C)CCC)cc1C. The predicted octanol–water partition coefficient (Wildman–Crippen LogP) is 8.09. The molecular formula is C34H56N6O2S. The average molecular weight is 613 g/mol. The first-order valence-corrected chi connectivity index (χ1v) is 18.4. The molecule has 0 fully saturated rings. The van der Waals surface area contributed by atoms with Crippen molar-refractivity contribution in [2.24, 2.45) is 15.5 Å². The van der Waals surface area contributed by atoms with E-state index in [0.717, 1.165) is 54.9 Å². The molecule has 1 aromatic carbocycles. The summed E-state index contributed by atoms with van der Waals surface area (Å²) >= 11 is 0. The molecule has 43 heavy (non-hydrogen) atoms. The first-order valence-electron chi connectivity index (χ1n) is 16.6. The fourth-order valence-corrected chi connectivity index (χ4v) is 6.96. The van der Waals surface area contributed by atoms with Gasteiger partial charge in [0.1, 0.15) is 15.5 Å². The van der Waals surface area contributed by atoms with Gasteiger partial charge in [0.15, 0.2) is 5.82 Å². The Hall–Kier alpha value is -2.55. The lowest BCUT2D eigenvalue weighted by Crippen LogP contribution is -2.27. The molecule has 2 heterocycles. The van der Waals surface area contributed by atoms with Crippen LogP contribution in [0.3, 0.4) is 0 Å². The molecule has 0 unspecified atom stereocenters. The lowest BCUT2D eigenvalue weighted by atomic mass is 9.87. The summed E-state index contributed by atoms with van der Waals surface area (Å²) in [6.45, 7) is 13.9. The first-order chi connectivity index (χ1) is 20.5. The van der Waals surface area contributed by atoms with Crippen LogP contribution < -0.4 is 4.90 Å². The second-order valence-corrected chi connectivity index (χ2v) is 15.5. The zero-order valence-corrected chi connectivity index (χ0v) is 28.8. The van der Waals surface area contributed by atoms with Gasteiger partial charge in [-0.2, -0.15) is 9.78 Å². The number of aromatic nitrogens is 3. The van der Waals surface area contributed by atoms with E-state index < -0.39 is 9.84 Å². The number of anilines is 1. The van der Waals surface area contributed by atoms with Crippen LogP contribution in [0.1, 0.15) is 129 Å². The zero-order chi connectivity index (χ0) is 31.5. The standard InChI is InChI=1S/C34H56N6O2S/c1-8-10-11-12-13-14-15-16-17-18-24-43(41,42)25-19-20-30-36-37-33-31(32(34(4,5)6)38-40(30)33)35-29-22-21-28(26-27(29)3)39(7)23-9-2/h21-22,26H,8-20,23-25H2,1-7H3. The van der Waals surface area contributed by atoms with Gasteiger partial charge < -0.3 is 4.90 Å². The van der Waals surface area contributed by atoms with Crippen molar-refractivity contribution in [3.05, 3.63) is 35.4 Å². The summed E-state index contributed by atoms with van der Waals surface area (Å²) in [5.41, 5.74) is 4.50. The number of benzene rings is 1. The zero-order valence-electron chi connectivity index (χ0n) is 28.0. The molecule has 0 saturated carbocycles. The molecule has 0 atom stereocenters. The summed E-state index contributed by atoms with van der Waals surface area (Å²) in [6, 6.07) is 6.34. The van der Waals surface area contributed by atoms with Gasteiger partial charge in [-0.25, -0.2) is 13.4 Å². The normalized spacial score (nSPS) is 14.4. The topological polar surface area (TPSA) is 92.8 Å². The highest BCUT2D eigenvalue weighted by Gasteiger charge is 2.35. The van der Waals surface area contributed by atoms with E-state index in [1.165, 1.54) is 50.6 Å². The fourth-order valence-electron chi connectivity index (χ4n) is 5.53. The van der Waals surface area contributed by atoms with E-state index in [1.54, 1.807) is 4.68 Å². The summed E-state index contributed by atoms with van der Waals surface area (Å²) in [6.07, 6.45) is 14.1. The van der Waals surface area contributed by atoms with Crippen molar-refractivity contribution in [3.63, 3.8) is 0 Å². The Kier molecular flexibility index (Phi) is 13.4. The van der Waals surface area contributed by atoms with Gasteiger partial charge in [-0.05, 0) is 49.9 Å². The molecular weight excluding hydrogens is 556 g/mol. The molecule has 3 rings (SSSR count). The summed E-state index contributed by atoms with van der Waals surface area (Å²) in [5, 5.41) is 13.8. The first kappa shape index (κ1) is 34.9. The molecule has 0 radical (unpaired) electrons. The quantitative estimate of drug-likeness (QED) is 0.150. The Morgan fingerprint density at radius 1 is 0.860 bits per heavy atom. The third kappa shape index (κ3) is 10.5. The van der Waals surface area contributed by atoms with E-state index in [1.807, 2.05) is 0 Å². The van der Waals surface area contributed by atoms with E-state index in [-0.39, 0.29) is 16.9 Å². The highest BCUT2D eigenvalue weighted by atomic mass is 32.2. The number of nitrogens with zero attached hydrogens (tertiary/aromatic N) is 6. The van der Waals surface area contributed by atoms with Gasteiger partial charge in [0.2, 0.25) is 5.82 Å². The van der Waals surface area contributed by atoms with Gasteiger partial charge in [0.25, 0.3) is 0 Å². The van der Waals surface area contributed by atoms with Crippen molar-refractivity contribution in [3.8, 4) is 0 Å². The van der Waals surface area contributed by atoms with Crippen LogP contribution in [-0.4, -0.2) is 59.8 Å². The Morgan fingerprint density at radius 3 is 2.09 bits per heavy atom. The van der Waals surface area contributed by atoms with Crippen LogP contribution in [0.5, 0.6) is 0 Å². The Labute approximate surface area is 261 Å². The van der Waals surface area contributed by atoms with E-state index in [2.05, 4.69) is 81.9 Å². The number of fused-ring (bicyclic) bond motifs is 1. The van der Waals surface area contributed by atoms with E-state index in [4.69, 9.17) is 10.1 Å². The lowest BCUT2D eigenvalue weighted by molar-refractivity contribution is 0.557. The van der Waals surface area contributed by atoms with Gasteiger partial charge in [-0.15, -0.1) is 10.2 Å². The molecule has 0 N–H and O–H groups in total. The minimum atomic E-state index is -3.08. The highest BCUT2D eigenvalue weighted by molar-refractivity contribution is 7.91. The Balaban J connectivity index is 1.58. The average Bonchev–Trinajstić information content (AvgIpc) is 3.51. The summed E-state index contributed by atoms with van der Waals surface area (Å²) in [5.74, 6) is 1.75. The second kappa shape index (κ2) is 16.5. The van der Waals surface area contributed by atoms with Crippen LogP contribution >= 0.6 is 0 Å². The second-order valence-electron chi connectivity index (χ2n) is 13.2. The van der Waals surface area contributed by atoms with Crippen molar-refractivity contribution in [1.82, 2.24) is 14.9 Å². The fraction of sp³-hybridized carbons (Fsp3) is 0.706. The van der Waals surface area contributed by atoms with Gasteiger partial charge in [0, 0.05) is 31.1 Å². The number of unbranched alkanes of at least 4 members (excludes halogenated alkanes) is 9. The molecule has 0 bridgehead atoms. The summed E-state index contributed by atoms with van der Waals surface area (Å²) < 4.78 is 27.2. The van der Waals surface area contributed by atoms with Gasteiger partial charge in [-0.1, -0.05) is 92.4 Å². The number of rotatable bonds is 19. The van der Waals surface area contributed by atoms with Crippen molar-refractivity contribution < 1.29 is 8.42 Å². The minimum absolute atomic E-state index is 0.168. The van der Waals surface area contributed by atoms with Crippen LogP contribution in [-0.2, 0) is 16.3 Å². The molecule has 0 amide bonds. The van der Waals surface area contributed by atoms with E-state index >= 15 is 0 Å². The third-order valence-corrected chi connectivity index (χ3v) is 9.95. The van der Waals surface area contributed by atoms with E-state index in [9.17, 15) is 8.42 Å². The number of aliphatic imine (C=N–C) groups is 1. The van der Waals surface area contributed by atoms with Crippen molar-refractivity contribution in [1.29, 1.82) is 0 Å². The third-order valence-electron chi connectivity index (χ3n) is 8.13. The van der Waals surface area contributed by atoms with E-state index in [0.29, 0.717) is 24.5 Å². The molecule has 0 spiro atoms. The maximum atomic E-state index is 12.7. The largest absolute Gasteiger partial charge is 0.375 e. The molecule has 240 valence electrons. The number of sulfone groups is 1. The molecule has 0 aliphatic carbocycles. The number of aryl methyl sites for hydroxylation is 2. The van der Waals surface area contributed by atoms with Gasteiger partial charge in [0.05, 0.1) is 22.9 Å². The van der Waals surface area contributed by atoms with Crippen LogP contribution in [0.25, 0.3) is 0 Å². The molecule has 2 aromatic rings. The summed E-state index contributed by atoms with van der Waals surface area (Å²) in [7, 11) is -0.971.